The highest BCUT2D eigenvalue weighted by molar-refractivity contribution is 8.00. The Kier molecular flexibility index (Phi) is 8.58. The first-order valence-electron chi connectivity index (χ1n) is 14.4. The largest absolute Gasteiger partial charge is 0.507 e. The lowest BCUT2D eigenvalue weighted by Gasteiger charge is -2.23. The third-order valence-electron chi connectivity index (χ3n) is 7.30. The zero-order chi connectivity index (χ0) is 30.8. The highest BCUT2D eigenvalue weighted by Crippen LogP contribution is 2.46. The number of thioether (sulfide) groups is 1. The summed E-state index contributed by atoms with van der Waals surface area (Å²) in [6, 6.07) is 19.5. The van der Waals surface area contributed by atoms with Gasteiger partial charge in [0.2, 0.25) is 5.13 Å². The van der Waals surface area contributed by atoms with Gasteiger partial charge in [0.1, 0.15) is 17.6 Å². The van der Waals surface area contributed by atoms with Crippen molar-refractivity contribution in [3.63, 3.8) is 0 Å². The average molecular weight is 630 g/mol. The predicted molar refractivity (Wildman–Crippen MR) is 170 cm³/mol. The van der Waals surface area contributed by atoms with Gasteiger partial charge in [0, 0.05) is 17.7 Å². The van der Waals surface area contributed by atoms with E-state index in [4.69, 9.17) is 14.2 Å². The molecule has 2 atom stereocenters. The highest BCUT2D eigenvalue weighted by Gasteiger charge is 2.48. The van der Waals surface area contributed by atoms with E-state index in [9.17, 15) is 14.7 Å². The van der Waals surface area contributed by atoms with Crippen LogP contribution in [0, 0.1) is 0 Å². The molecule has 1 fully saturated rings. The van der Waals surface area contributed by atoms with Crippen molar-refractivity contribution in [3.05, 3.63) is 94.6 Å². The smallest absolute Gasteiger partial charge is 0.301 e. The van der Waals surface area contributed by atoms with Crippen molar-refractivity contribution in [1.29, 1.82) is 0 Å². The number of carbonyl (C=O) groups is 2. The normalized spacial score (nSPS) is 18.8. The van der Waals surface area contributed by atoms with Crippen LogP contribution in [0.3, 0.4) is 0 Å². The summed E-state index contributed by atoms with van der Waals surface area (Å²) in [5.41, 5.74) is 3.00. The number of ether oxygens (including phenoxy) is 3. The highest BCUT2D eigenvalue weighted by atomic mass is 32.2. The minimum atomic E-state index is -0.978. The quantitative estimate of drug-likeness (QED) is 0.0684. The number of rotatable bonds is 10. The molecule has 2 aliphatic heterocycles. The molecule has 44 heavy (non-hydrogen) atoms. The standard InChI is InChI=1S/C33H31N3O6S2/c1-4-40-25-14-11-21(17-26(25)41-5-2)28-27(29(37)22-12-13-24-23(16-22)15-19(3)42-24)30(38)31(39)36(28)32-34-35-33(44-32)43-18-20-9-7-6-8-10-20/h6-14,16-17,19,28,37H,4-5,15,18H2,1-3H3/t19-,28-/m1/s1. The molecule has 3 aromatic carbocycles. The zero-order valence-electron chi connectivity index (χ0n) is 24.5. The number of nitrogens with zero attached hydrogens (tertiary/aromatic N) is 3. The van der Waals surface area contributed by atoms with Crippen molar-refractivity contribution in [3.8, 4) is 17.2 Å². The van der Waals surface area contributed by atoms with Crippen LogP contribution < -0.4 is 19.1 Å². The summed E-state index contributed by atoms with van der Waals surface area (Å²) in [7, 11) is 0. The van der Waals surface area contributed by atoms with Gasteiger partial charge in [-0.1, -0.05) is 59.5 Å². The van der Waals surface area contributed by atoms with E-state index in [0.717, 1.165) is 16.9 Å². The molecule has 9 nitrogen and oxygen atoms in total. The average Bonchev–Trinajstić information content (AvgIpc) is 3.72. The fraction of sp³-hybridized carbons (Fsp3) is 0.273. The van der Waals surface area contributed by atoms with Gasteiger partial charge in [0.15, 0.2) is 15.8 Å². The molecule has 0 unspecified atom stereocenters. The molecule has 3 heterocycles. The predicted octanol–water partition coefficient (Wildman–Crippen LogP) is 6.58. The van der Waals surface area contributed by atoms with Crippen molar-refractivity contribution in [2.75, 3.05) is 18.1 Å². The molecule has 226 valence electrons. The van der Waals surface area contributed by atoms with Crippen LogP contribution in [0.2, 0.25) is 0 Å². The van der Waals surface area contributed by atoms with Crippen molar-refractivity contribution in [2.24, 2.45) is 0 Å². The van der Waals surface area contributed by atoms with E-state index in [0.29, 0.717) is 52.4 Å². The second-order valence-electron chi connectivity index (χ2n) is 10.3. The molecule has 0 aliphatic carbocycles. The van der Waals surface area contributed by atoms with Crippen molar-refractivity contribution >= 4 is 45.7 Å². The van der Waals surface area contributed by atoms with Crippen LogP contribution in [0.25, 0.3) is 5.76 Å². The molecule has 4 aromatic rings. The lowest BCUT2D eigenvalue weighted by Crippen LogP contribution is -2.29. The summed E-state index contributed by atoms with van der Waals surface area (Å²) in [6.45, 7) is 6.54. The molecule has 0 saturated carbocycles. The van der Waals surface area contributed by atoms with Gasteiger partial charge in [-0.2, -0.15) is 0 Å². The van der Waals surface area contributed by atoms with Gasteiger partial charge >= 0.3 is 5.91 Å². The minimum absolute atomic E-state index is 0.0141. The number of fused-ring (bicyclic) bond motifs is 1. The maximum Gasteiger partial charge on any atom is 0.301 e. The van der Waals surface area contributed by atoms with Gasteiger partial charge < -0.3 is 19.3 Å². The number of aromatic nitrogens is 2. The molecule has 1 saturated heterocycles. The number of Topliss-reactive ketones (excluding diaryl/α,β-unsaturated/α-hetero) is 1. The Morgan fingerprint density at radius 2 is 1.80 bits per heavy atom. The number of aliphatic hydroxyl groups excluding tert-OH is 1. The zero-order valence-corrected chi connectivity index (χ0v) is 26.1. The molecular formula is C33H31N3O6S2. The third-order valence-corrected chi connectivity index (χ3v) is 9.43. The molecule has 11 heteroatoms. The maximum atomic E-state index is 13.7. The van der Waals surface area contributed by atoms with Crippen LogP contribution in [-0.2, 0) is 21.8 Å². The first-order chi connectivity index (χ1) is 21.4. The molecule has 6 rings (SSSR count). The number of ketones is 1. The molecule has 1 N–H and O–H groups in total. The molecule has 0 spiro atoms. The summed E-state index contributed by atoms with van der Waals surface area (Å²) >= 11 is 2.72. The molecule has 2 aliphatic rings. The number of amides is 1. The van der Waals surface area contributed by atoms with Crippen molar-refractivity contribution < 1.29 is 28.9 Å². The molecule has 1 aromatic heterocycles. The Balaban J connectivity index is 1.43. The van der Waals surface area contributed by atoms with Crippen molar-refractivity contribution in [1.82, 2.24) is 10.2 Å². The van der Waals surface area contributed by atoms with Crippen LogP contribution in [-0.4, -0.2) is 46.3 Å². The SMILES string of the molecule is CCOc1ccc([C@@H]2C(=C(O)c3ccc4c(c3)C[C@@H](C)O4)C(=O)C(=O)N2c2nnc(SCc3ccccc3)s2)cc1OCC. The van der Waals surface area contributed by atoms with Crippen LogP contribution in [0.5, 0.6) is 17.2 Å². The number of hydrogen-bond donors (Lipinski definition) is 1. The Bertz CT molecular complexity index is 1740. The van der Waals surface area contributed by atoms with Crippen LogP contribution in [0.4, 0.5) is 5.13 Å². The van der Waals surface area contributed by atoms with E-state index in [1.807, 2.05) is 57.2 Å². The van der Waals surface area contributed by atoms with Gasteiger partial charge in [-0.3, -0.25) is 14.5 Å². The fourth-order valence-electron chi connectivity index (χ4n) is 5.39. The molecule has 0 radical (unpaired) electrons. The number of anilines is 1. The van der Waals surface area contributed by atoms with Gasteiger partial charge in [-0.05, 0) is 67.8 Å². The number of hydrogen-bond acceptors (Lipinski definition) is 10. The number of aliphatic hydroxyl groups is 1. The van der Waals surface area contributed by atoms with E-state index in [2.05, 4.69) is 10.2 Å². The summed E-state index contributed by atoms with van der Waals surface area (Å²) < 4.78 is 18.1. The second kappa shape index (κ2) is 12.7. The van der Waals surface area contributed by atoms with E-state index in [1.54, 1.807) is 30.3 Å². The molecular weight excluding hydrogens is 599 g/mol. The summed E-state index contributed by atoms with van der Waals surface area (Å²) in [5.74, 6) is 0.558. The Morgan fingerprint density at radius 1 is 1.02 bits per heavy atom. The van der Waals surface area contributed by atoms with Crippen molar-refractivity contribution in [2.45, 2.75) is 49.4 Å². The second-order valence-corrected chi connectivity index (χ2v) is 12.5. The third kappa shape index (κ3) is 5.77. The van der Waals surface area contributed by atoms with E-state index >= 15 is 0 Å². The lowest BCUT2D eigenvalue weighted by molar-refractivity contribution is -0.132. The van der Waals surface area contributed by atoms with E-state index < -0.39 is 17.7 Å². The van der Waals surface area contributed by atoms with Gasteiger partial charge in [0.05, 0.1) is 24.8 Å². The minimum Gasteiger partial charge on any atom is -0.507 e. The molecule has 1 amide bonds. The number of benzene rings is 3. The van der Waals surface area contributed by atoms with E-state index in [-0.39, 0.29) is 22.6 Å². The van der Waals surface area contributed by atoms with Gasteiger partial charge in [-0.15, -0.1) is 10.2 Å². The Hall–Kier alpha value is -4.35. The van der Waals surface area contributed by atoms with Crippen LogP contribution in [0.1, 0.15) is 49.1 Å². The Labute approximate surface area is 263 Å². The first-order valence-corrected chi connectivity index (χ1v) is 16.2. The maximum absolute atomic E-state index is 13.7. The Morgan fingerprint density at radius 3 is 2.57 bits per heavy atom. The fourth-order valence-corrected chi connectivity index (χ4v) is 7.21. The first kappa shape index (κ1) is 29.7. The monoisotopic (exact) mass is 629 g/mol. The van der Waals surface area contributed by atoms with Crippen LogP contribution >= 0.6 is 23.1 Å². The molecule has 0 bridgehead atoms. The lowest BCUT2D eigenvalue weighted by atomic mass is 9.94. The van der Waals surface area contributed by atoms with Gasteiger partial charge in [-0.25, -0.2) is 0 Å². The number of carbonyl (C=O) groups excluding carboxylic acids is 2. The van der Waals surface area contributed by atoms with Gasteiger partial charge in [0.25, 0.3) is 5.78 Å². The topological polar surface area (TPSA) is 111 Å². The van der Waals surface area contributed by atoms with E-state index in [1.165, 1.54) is 28.0 Å². The summed E-state index contributed by atoms with van der Waals surface area (Å²) in [5, 5.41) is 20.6. The van der Waals surface area contributed by atoms with Crippen LogP contribution in [0.15, 0.2) is 76.6 Å². The summed E-state index contributed by atoms with van der Waals surface area (Å²) in [4.78, 5) is 28.8. The summed E-state index contributed by atoms with van der Waals surface area (Å²) in [6.07, 6.45) is 0.694.